The summed E-state index contributed by atoms with van der Waals surface area (Å²) in [5, 5.41) is 5.58. The van der Waals surface area contributed by atoms with Crippen molar-refractivity contribution in [2.75, 3.05) is 12.4 Å². The van der Waals surface area contributed by atoms with Gasteiger partial charge in [-0.2, -0.15) is 0 Å². The number of hydrogen-bond acceptors (Lipinski definition) is 3. The second-order valence-electron chi connectivity index (χ2n) is 5.35. The zero-order valence-electron chi connectivity index (χ0n) is 13.6. The molecule has 122 valence electrons. The van der Waals surface area contributed by atoms with Gasteiger partial charge in [0, 0.05) is 12.2 Å². The highest BCUT2D eigenvalue weighted by Gasteiger charge is 2.03. The molecule has 0 unspecified atom stereocenters. The molecule has 2 aromatic rings. The Morgan fingerprint density at radius 2 is 1.61 bits per heavy atom. The number of methoxy groups -OCH3 is 1. The molecule has 0 atom stereocenters. The molecule has 5 nitrogen and oxygen atoms in total. The van der Waals surface area contributed by atoms with E-state index in [1.165, 1.54) is 0 Å². The van der Waals surface area contributed by atoms with Crippen LogP contribution >= 0.6 is 0 Å². The van der Waals surface area contributed by atoms with E-state index in [-0.39, 0.29) is 12.1 Å². The lowest BCUT2D eigenvalue weighted by molar-refractivity contribution is 0.242. The summed E-state index contributed by atoms with van der Waals surface area (Å²) in [5.41, 5.74) is 1.72. The largest absolute Gasteiger partial charge is 0.497 e. The highest BCUT2D eigenvalue weighted by Crippen LogP contribution is 2.15. The van der Waals surface area contributed by atoms with Gasteiger partial charge in [0.1, 0.15) is 11.5 Å². The number of rotatable bonds is 6. The molecule has 0 spiro atoms. The van der Waals surface area contributed by atoms with Crippen LogP contribution in [0.5, 0.6) is 11.5 Å². The predicted octanol–water partition coefficient (Wildman–Crippen LogP) is 3.80. The minimum absolute atomic E-state index is 0.147. The molecule has 23 heavy (non-hydrogen) atoms. The van der Waals surface area contributed by atoms with Gasteiger partial charge in [-0.3, -0.25) is 0 Å². The fraction of sp³-hybridized carbons (Fsp3) is 0.278. The van der Waals surface area contributed by atoms with Crippen LogP contribution in [0.4, 0.5) is 10.5 Å². The van der Waals surface area contributed by atoms with Crippen molar-refractivity contribution in [3.8, 4) is 11.5 Å². The molecular formula is C18H22N2O3. The molecule has 0 aliphatic rings. The van der Waals surface area contributed by atoms with Gasteiger partial charge in [-0.15, -0.1) is 0 Å². The third-order valence-electron chi connectivity index (χ3n) is 3.10. The second kappa shape index (κ2) is 8.08. The summed E-state index contributed by atoms with van der Waals surface area (Å²) in [4.78, 5) is 11.9. The molecule has 0 aliphatic heterocycles. The Labute approximate surface area is 136 Å². The maximum atomic E-state index is 11.9. The third kappa shape index (κ3) is 5.54. The highest BCUT2D eigenvalue weighted by molar-refractivity contribution is 5.89. The fourth-order valence-electron chi connectivity index (χ4n) is 1.99. The Morgan fingerprint density at radius 3 is 2.17 bits per heavy atom. The first-order valence-corrected chi connectivity index (χ1v) is 7.51. The molecule has 0 bridgehead atoms. The van der Waals surface area contributed by atoms with Crippen LogP contribution in [0.15, 0.2) is 48.5 Å². The first-order chi connectivity index (χ1) is 11.1. The van der Waals surface area contributed by atoms with Crippen LogP contribution in [0.2, 0.25) is 0 Å². The van der Waals surface area contributed by atoms with Crippen LogP contribution in [0.25, 0.3) is 0 Å². The summed E-state index contributed by atoms with van der Waals surface area (Å²) < 4.78 is 10.7. The van der Waals surface area contributed by atoms with Crippen molar-refractivity contribution in [3.63, 3.8) is 0 Å². The molecule has 0 radical (unpaired) electrons. The van der Waals surface area contributed by atoms with Crippen LogP contribution in [0.1, 0.15) is 19.4 Å². The van der Waals surface area contributed by atoms with E-state index >= 15 is 0 Å². The number of urea groups is 1. The van der Waals surface area contributed by atoms with Gasteiger partial charge < -0.3 is 20.1 Å². The van der Waals surface area contributed by atoms with Crippen LogP contribution in [-0.4, -0.2) is 19.2 Å². The van der Waals surface area contributed by atoms with Crippen LogP contribution in [0.3, 0.4) is 0 Å². The van der Waals surface area contributed by atoms with E-state index in [0.29, 0.717) is 12.2 Å². The predicted molar refractivity (Wildman–Crippen MR) is 91.1 cm³/mol. The van der Waals surface area contributed by atoms with E-state index in [0.717, 1.165) is 17.1 Å². The average molecular weight is 314 g/mol. The summed E-state index contributed by atoms with van der Waals surface area (Å²) in [6.07, 6.45) is 0.147. The van der Waals surface area contributed by atoms with E-state index in [4.69, 9.17) is 9.47 Å². The van der Waals surface area contributed by atoms with E-state index in [1.54, 1.807) is 31.4 Å². The fourth-order valence-corrected chi connectivity index (χ4v) is 1.99. The van der Waals surface area contributed by atoms with Gasteiger partial charge >= 0.3 is 6.03 Å². The van der Waals surface area contributed by atoms with Crippen molar-refractivity contribution in [1.82, 2.24) is 5.32 Å². The van der Waals surface area contributed by atoms with E-state index in [1.807, 2.05) is 38.1 Å². The molecule has 0 heterocycles. The van der Waals surface area contributed by atoms with Gasteiger partial charge in [0.25, 0.3) is 0 Å². The van der Waals surface area contributed by atoms with Crippen molar-refractivity contribution in [2.45, 2.75) is 26.5 Å². The van der Waals surface area contributed by atoms with Crippen molar-refractivity contribution in [2.24, 2.45) is 0 Å². The Kier molecular flexibility index (Phi) is 5.86. The maximum absolute atomic E-state index is 11.9. The lowest BCUT2D eigenvalue weighted by Gasteiger charge is -2.11. The topological polar surface area (TPSA) is 59.6 Å². The molecule has 2 aromatic carbocycles. The Morgan fingerprint density at radius 1 is 1.00 bits per heavy atom. The number of ether oxygens (including phenoxy) is 2. The van der Waals surface area contributed by atoms with Crippen LogP contribution < -0.4 is 20.1 Å². The number of hydrogen-bond donors (Lipinski definition) is 2. The van der Waals surface area contributed by atoms with E-state index in [9.17, 15) is 4.79 Å². The smallest absolute Gasteiger partial charge is 0.319 e. The molecule has 2 N–H and O–H groups in total. The molecule has 2 amide bonds. The van der Waals surface area contributed by atoms with Gasteiger partial charge in [0.15, 0.2) is 0 Å². The van der Waals surface area contributed by atoms with Crippen molar-refractivity contribution < 1.29 is 14.3 Å². The molecule has 0 aromatic heterocycles. The quantitative estimate of drug-likeness (QED) is 0.852. The highest BCUT2D eigenvalue weighted by atomic mass is 16.5. The standard InChI is InChI=1S/C18H22N2O3/c1-13(2)23-17-8-4-14(5-9-17)12-19-18(21)20-15-6-10-16(22-3)11-7-15/h4-11,13H,12H2,1-3H3,(H2,19,20,21). The lowest BCUT2D eigenvalue weighted by atomic mass is 10.2. The number of carbonyl (C=O) groups is 1. The minimum atomic E-state index is -0.252. The molecule has 0 fully saturated rings. The second-order valence-corrected chi connectivity index (χ2v) is 5.35. The minimum Gasteiger partial charge on any atom is -0.497 e. The third-order valence-corrected chi connectivity index (χ3v) is 3.10. The normalized spacial score (nSPS) is 10.3. The Balaban J connectivity index is 1.81. The number of benzene rings is 2. The summed E-state index contributed by atoms with van der Waals surface area (Å²) in [6.45, 7) is 4.42. The summed E-state index contributed by atoms with van der Waals surface area (Å²) in [6, 6.07) is 14.6. The molecule has 0 saturated carbocycles. The summed E-state index contributed by atoms with van der Waals surface area (Å²) in [7, 11) is 1.60. The van der Waals surface area contributed by atoms with E-state index in [2.05, 4.69) is 10.6 Å². The lowest BCUT2D eigenvalue weighted by Crippen LogP contribution is -2.28. The van der Waals surface area contributed by atoms with Gasteiger partial charge in [0.05, 0.1) is 13.2 Å². The summed E-state index contributed by atoms with van der Waals surface area (Å²) >= 11 is 0. The van der Waals surface area contributed by atoms with Crippen molar-refractivity contribution in [1.29, 1.82) is 0 Å². The number of anilines is 1. The van der Waals surface area contributed by atoms with Gasteiger partial charge in [-0.05, 0) is 55.8 Å². The Bertz CT molecular complexity index is 622. The number of amides is 2. The zero-order chi connectivity index (χ0) is 16.7. The van der Waals surface area contributed by atoms with Crippen molar-refractivity contribution >= 4 is 11.7 Å². The SMILES string of the molecule is COc1ccc(NC(=O)NCc2ccc(OC(C)C)cc2)cc1. The Hall–Kier alpha value is -2.69. The first kappa shape index (κ1) is 16.7. The van der Waals surface area contributed by atoms with Gasteiger partial charge in [0.2, 0.25) is 0 Å². The van der Waals surface area contributed by atoms with E-state index < -0.39 is 0 Å². The molecule has 5 heteroatoms. The van der Waals surface area contributed by atoms with Gasteiger partial charge in [-0.25, -0.2) is 4.79 Å². The maximum Gasteiger partial charge on any atom is 0.319 e. The molecule has 2 rings (SSSR count). The monoisotopic (exact) mass is 314 g/mol. The molecule has 0 aliphatic carbocycles. The van der Waals surface area contributed by atoms with Crippen LogP contribution in [-0.2, 0) is 6.54 Å². The number of nitrogens with one attached hydrogen (secondary N) is 2. The first-order valence-electron chi connectivity index (χ1n) is 7.51. The zero-order valence-corrected chi connectivity index (χ0v) is 13.6. The average Bonchev–Trinajstić information content (AvgIpc) is 2.54. The number of carbonyl (C=O) groups excluding carboxylic acids is 1. The van der Waals surface area contributed by atoms with Gasteiger partial charge in [-0.1, -0.05) is 12.1 Å². The molecular weight excluding hydrogens is 292 g/mol. The summed E-state index contributed by atoms with van der Waals surface area (Å²) in [5.74, 6) is 1.58. The van der Waals surface area contributed by atoms with Crippen molar-refractivity contribution in [3.05, 3.63) is 54.1 Å². The van der Waals surface area contributed by atoms with Crippen LogP contribution in [0, 0.1) is 0 Å². The molecule has 0 saturated heterocycles.